The minimum absolute atomic E-state index is 0.128. The molecular formula is C57H66N4O25. The van der Waals surface area contributed by atoms with Crippen molar-refractivity contribution in [3.8, 4) is 16.9 Å². The van der Waals surface area contributed by atoms with E-state index in [4.69, 9.17) is 56.8 Å². The molecule has 3 aromatic rings. The summed E-state index contributed by atoms with van der Waals surface area (Å²) < 4.78 is 65.3. The molecule has 2 fully saturated rings. The lowest BCUT2D eigenvalue weighted by molar-refractivity contribution is -0.282. The Balaban J connectivity index is 1.18. The minimum atomic E-state index is -1.83. The first-order valence-electron chi connectivity index (χ1n) is 26.8. The van der Waals surface area contributed by atoms with E-state index in [1.807, 2.05) is 48.5 Å². The number of carbonyl (C=O) groups excluding carboxylic acids is 12. The van der Waals surface area contributed by atoms with Crippen LogP contribution >= 0.6 is 0 Å². The highest BCUT2D eigenvalue weighted by Gasteiger charge is 2.57. The van der Waals surface area contributed by atoms with E-state index >= 15 is 0 Å². The number of anilines is 1. The van der Waals surface area contributed by atoms with Gasteiger partial charge in [0.05, 0.1) is 26.5 Å². The molecule has 1 aliphatic carbocycles. The van der Waals surface area contributed by atoms with Gasteiger partial charge < -0.3 is 83.2 Å². The molecule has 3 aliphatic rings. The van der Waals surface area contributed by atoms with Gasteiger partial charge in [-0.3, -0.25) is 43.2 Å². The zero-order chi connectivity index (χ0) is 62.9. The smallest absolute Gasteiger partial charge is 0.407 e. The molecule has 11 atom stereocenters. The minimum Gasteiger partial charge on any atom is -0.467 e. The third kappa shape index (κ3) is 17.4. The number of nitrogens with one attached hydrogen (secondary N) is 4. The summed E-state index contributed by atoms with van der Waals surface area (Å²) in [5, 5.41) is 20.2. The Labute approximate surface area is 491 Å². The highest BCUT2D eigenvalue weighted by Crippen LogP contribution is 2.44. The molecule has 29 nitrogen and oxygen atoms in total. The zero-order valence-electron chi connectivity index (χ0n) is 48.0. The van der Waals surface area contributed by atoms with E-state index < -0.39 is 158 Å². The average Bonchev–Trinajstić information content (AvgIpc) is 2.08. The molecule has 2 saturated heterocycles. The highest BCUT2D eigenvalue weighted by molar-refractivity contribution is 5.93. The number of amides is 4. The summed E-state index contributed by atoms with van der Waals surface area (Å²) in [5.74, 6) is -10.9. The number of carbonyl (C=O) groups is 12. The number of methoxy groups -OCH3 is 2. The van der Waals surface area contributed by atoms with Crippen molar-refractivity contribution in [3.63, 3.8) is 0 Å². The fourth-order valence-corrected chi connectivity index (χ4v) is 9.79. The Kier molecular flexibility index (Phi) is 23.4. The molecule has 86 heavy (non-hydrogen) atoms. The molecule has 0 bridgehead atoms. The monoisotopic (exact) mass is 1210 g/mol. The standard InChI is InChI=1S/C57H66N4O25/c1-27(63)78-44-45(79-28(2)64)49(54(72)75-7)85-53(48(44)82-31(5)67)61-42(69)19-13-18-39(60-57(74)77-26-38-36-16-11-9-14-34(36)35-15-10-12-17-37(35)38)52(71)58-23-22-43(70)59-40-24-33(25-62)20-21-41(40)84-56-51(83-32(6)68)47(81-30(4)66)46(80-29(3)65)50(86-56)55(73)76-8/h9-12,14-17,20-21,24,38-39,44-51,53,56,62H,13,18-19,22-23,25-26H2,1-8H3,(H,58,71)(H,59,70)(H,60,74)(H,61,69)/t39-,44-,45-,46-,47-,48+,49-,50-,51+,53-,56+/m0/s1. The number of aliphatic hydroxyl groups excluding tert-OH is 1. The third-order valence-corrected chi connectivity index (χ3v) is 13.3. The molecule has 4 amide bonds. The van der Waals surface area contributed by atoms with Crippen LogP contribution in [-0.4, -0.2) is 171 Å². The molecule has 0 radical (unpaired) electrons. The van der Waals surface area contributed by atoms with Gasteiger partial charge in [0.25, 0.3) is 0 Å². The van der Waals surface area contributed by atoms with E-state index in [1.165, 1.54) is 18.2 Å². The van der Waals surface area contributed by atoms with Crippen LogP contribution in [0, 0.1) is 0 Å². The maximum Gasteiger partial charge on any atom is 0.407 e. The maximum atomic E-state index is 14.0. The van der Waals surface area contributed by atoms with Gasteiger partial charge in [0.15, 0.2) is 49.0 Å². The number of rotatable bonds is 24. The predicted molar refractivity (Wildman–Crippen MR) is 288 cm³/mol. The van der Waals surface area contributed by atoms with Gasteiger partial charge in [0.1, 0.15) is 18.4 Å². The van der Waals surface area contributed by atoms with Crippen LogP contribution in [0.15, 0.2) is 66.7 Å². The summed E-state index contributed by atoms with van der Waals surface area (Å²) in [6.45, 7) is 4.94. The van der Waals surface area contributed by atoms with E-state index in [1.54, 1.807) is 0 Å². The Morgan fingerprint density at radius 1 is 0.581 bits per heavy atom. The van der Waals surface area contributed by atoms with Gasteiger partial charge >= 0.3 is 53.8 Å². The average molecular weight is 1210 g/mol. The van der Waals surface area contributed by atoms with Crippen molar-refractivity contribution in [2.24, 2.45) is 0 Å². The van der Waals surface area contributed by atoms with Crippen molar-refractivity contribution in [2.45, 2.75) is 147 Å². The normalized spacial score (nSPS) is 22.2. The van der Waals surface area contributed by atoms with Crippen LogP contribution in [0.3, 0.4) is 0 Å². The first-order valence-corrected chi connectivity index (χ1v) is 26.8. The topological polar surface area (TPSA) is 384 Å². The summed E-state index contributed by atoms with van der Waals surface area (Å²) in [5.41, 5.74) is 3.84. The molecule has 29 heteroatoms. The second kappa shape index (κ2) is 30.5. The van der Waals surface area contributed by atoms with Gasteiger partial charge in [-0.05, 0) is 52.8 Å². The van der Waals surface area contributed by atoms with Crippen molar-refractivity contribution in [3.05, 3.63) is 83.4 Å². The van der Waals surface area contributed by atoms with Crippen molar-refractivity contribution in [1.82, 2.24) is 16.0 Å². The molecule has 0 unspecified atom stereocenters. The van der Waals surface area contributed by atoms with Crippen LogP contribution in [0.5, 0.6) is 5.75 Å². The van der Waals surface area contributed by atoms with Gasteiger partial charge in [-0.15, -0.1) is 0 Å². The maximum absolute atomic E-state index is 14.0. The summed E-state index contributed by atoms with van der Waals surface area (Å²) in [4.78, 5) is 155. The second-order valence-corrected chi connectivity index (χ2v) is 19.6. The fraction of sp³-hybridized carbons (Fsp3) is 0.474. The number of hydrogen-bond acceptors (Lipinski definition) is 25. The number of ether oxygens (including phenoxy) is 12. The molecule has 0 spiro atoms. The Bertz CT molecular complexity index is 3000. The lowest BCUT2D eigenvalue weighted by Gasteiger charge is -2.43. The quantitative estimate of drug-likeness (QED) is 0.0628. The second-order valence-electron chi connectivity index (χ2n) is 19.6. The largest absolute Gasteiger partial charge is 0.467 e. The number of alkyl carbamates (subject to hydrolysis) is 1. The van der Waals surface area contributed by atoms with Crippen LogP contribution in [0.2, 0.25) is 0 Å². The molecule has 0 aromatic heterocycles. The van der Waals surface area contributed by atoms with E-state index in [0.717, 1.165) is 78.0 Å². The van der Waals surface area contributed by atoms with Gasteiger partial charge in [-0.25, -0.2) is 14.4 Å². The van der Waals surface area contributed by atoms with Gasteiger partial charge in [-0.1, -0.05) is 54.6 Å². The van der Waals surface area contributed by atoms with Crippen LogP contribution in [0.4, 0.5) is 10.5 Å². The molecule has 5 N–H and O–H groups in total. The van der Waals surface area contributed by atoms with E-state index in [9.17, 15) is 62.6 Å². The molecule has 3 aromatic carbocycles. The van der Waals surface area contributed by atoms with Crippen molar-refractivity contribution in [2.75, 3.05) is 32.7 Å². The van der Waals surface area contributed by atoms with E-state index in [2.05, 4.69) is 21.3 Å². The number of fused-ring (bicyclic) bond motifs is 3. The third-order valence-electron chi connectivity index (χ3n) is 13.3. The molecule has 0 saturated carbocycles. The lowest BCUT2D eigenvalue weighted by atomic mass is 9.96. The fourth-order valence-electron chi connectivity index (χ4n) is 9.79. The Morgan fingerprint density at radius 3 is 1.62 bits per heavy atom. The summed E-state index contributed by atoms with van der Waals surface area (Å²) in [6, 6.07) is 17.7. The predicted octanol–water partition coefficient (Wildman–Crippen LogP) is 1.58. The first kappa shape index (κ1) is 65.9. The summed E-state index contributed by atoms with van der Waals surface area (Å²) in [6.07, 6.45) is -19.8. The molecule has 464 valence electrons. The van der Waals surface area contributed by atoms with E-state index in [-0.39, 0.29) is 48.9 Å². The van der Waals surface area contributed by atoms with Crippen molar-refractivity contribution < 1.29 is 119 Å². The summed E-state index contributed by atoms with van der Waals surface area (Å²) in [7, 11) is 1.99. The van der Waals surface area contributed by atoms with Gasteiger partial charge in [0, 0.05) is 66.8 Å². The SMILES string of the molecule is COC(=O)[C@H]1O[C@H](NC(=O)CCC[C@H](NC(=O)OCC2c3ccccc3-c3ccccc32)C(=O)NCCC(=O)Nc2cc(CO)ccc2O[C@@H]2O[C@H](C(=O)OC)[C@@H](OC(C)=O)[C@H](OC(C)=O)[C@H]2OC(C)=O)[C@H](OC(C)=O)[C@@H](OC(C)=O)[C@@H]1OC(C)=O. The number of benzene rings is 3. The lowest BCUT2D eigenvalue weighted by Crippen LogP contribution is -2.67. The Hall–Kier alpha value is -9.22. The first-order chi connectivity index (χ1) is 40.9. The molecule has 2 heterocycles. The Morgan fingerprint density at radius 2 is 1.08 bits per heavy atom. The highest BCUT2D eigenvalue weighted by atomic mass is 16.7. The van der Waals surface area contributed by atoms with E-state index in [0.29, 0.717) is 0 Å². The van der Waals surface area contributed by atoms with Crippen molar-refractivity contribution >= 4 is 77.3 Å². The van der Waals surface area contributed by atoms with Crippen LogP contribution in [0.25, 0.3) is 11.1 Å². The molecule has 2 aliphatic heterocycles. The molecule has 6 rings (SSSR count). The van der Waals surface area contributed by atoms with Gasteiger partial charge in [-0.2, -0.15) is 0 Å². The van der Waals surface area contributed by atoms with Gasteiger partial charge in [0.2, 0.25) is 30.1 Å². The van der Waals surface area contributed by atoms with Crippen molar-refractivity contribution in [1.29, 1.82) is 0 Å². The number of hydrogen-bond donors (Lipinski definition) is 5. The zero-order valence-corrected chi connectivity index (χ0v) is 48.0. The van der Waals surface area contributed by atoms with Crippen LogP contribution < -0.4 is 26.0 Å². The summed E-state index contributed by atoms with van der Waals surface area (Å²) >= 11 is 0. The van der Waals surface area contributed by atoms with Crippen LogP contribution in [-0.2, 0) is 111 Å². The molecular weight excluding hydrogens is 1140 g/mol. The van der Waals surface area contributed by atoms with Crippen LogP contribution in [0.1, 0.15) is 89.8 Å². The number of esters is 8. The number of aliphatic hydroxyl groups is 1.